The van der Waals surface area contributed by atoms with Gasteiger partial charge in [0.1, 0.15) is 17.8 Å². The standard InChI is InChI=1S/C20H21N5S/c21-13-5-7-14(8-6-13)25-10-15(18-19(22)23-11-24-20(18)25)17-9-12-3-1-2-4-16(12)26-17/h1-4,9-11,13-14H,5-8,21H2,(H2,22,23,24). The summed E-state index contributed by atoms with van der Waals surface area (Å²) in [6.45, 7) is 0. The lowest BCUT2D eigenvalue weighted by Gasteiger charge is -2.27. The minimum Gasteiger partial charge on any atom is -0.383 e. The van der Waals surface area contributed by atoms with Crippen molar-refractivity contribution in [2.24, 2.45) is 5.73 Å². The first-order chi connectivity index (χ1) is 12.7. The fourth-order valence-corrected chi connectivity index (χ4v) is 5.15. The van der Waals surface area contributed by atoms with Gasteiger partial charge in [0, 0.05) is 33.4 Å². The van der Waals surface area contributed by atoms with Crippen LogP contribution in [0.1, 0.15) is 31.7 Å². The molecule has 4 aromatic rings. The molecule has 0 atom stereocenters. The molecule has 1 fully saturated rings. The van der Waals surface area contributed by atoms with Gasteiger partial charge in [0.25, 0.3) is 0 Å². The number of nitrogens with zero attached hydrogens (tertiary/aromatic N) is 3. The summed E-state index contributed by atoms with van der Waals surface area (Å²) in [5.74, 6) is 0.550. The molecule has 0 radical (unpaired) electrons. The van der Waals surface area contributed by atoms with Gasteiger partial charge in [-0.15, -0.1) is 11.3 Å². The molecule has 1 aliphatic rings. The minimum absolute atomic E-state index is 0.329. The number of benzene rings is 1. The van der Waals surface area contributed by atoms with Crippen molar-refractivity contribution in [3.8, 4) is 10.4 Å². The van der Waals surface area contributed by atoms with Gasteiger partial charge >= 0.3 is 0 Å². The Labute approximate surface area is 155 Å². The maximum atomic E-state index is 6.27. The normalized spacial score (nSPS) is 20.8. The maximum absolute atomic E-state index is 6.27. The number of hydrogen-bond acceptors (Lipinski definition) is 5. The van der Waals surface area contributed by atoms with E-state index in [2.05, 4.69) is 51.1 Å². The molecule has 6 heteroatoms. The van der Waals surface area contributed by atoms with Crippen LogP contribution in [0, 0.1) is 0 Å². The van der Waals surface area contributed by atoms with Gasteiger partial charge < -0.3 is 16.0 Å². The number of anilines is 1. The Morgan fingerprint density at radius 2 is 1.88 bits per heavy atom. The molecule has 0 spiro atoms. The second-order valence-electron chi connectivity index (χ2n) is 7.12. The summed E-state index contributed by atoms with van der Waals surface area (Å²) in [5, 5.41) is 2.22. The highest BCUT2D eigenvalue weighted by Gasteiger charge is 2.24. The molecule has 5 nitrogen and oxygen atoms in total. The zero-order valence-corrected chi connectivity index (χ0v) is 15.2. The van der Waals surface area contributed by atoms with Gasteiger partial charge in [-0.25, -0.2) is 9.97 Å². The predicted molar refractivity (Wildman–Crippen MR) is 108 cm³/mol. The van der Waals surface area contributed by atoms with Gasteiger partial charge in [-0.2, -0.15) is 0 Å². The average molecular weight is 363 g/mol. The smallest absolute Gasteiger partial charge is 0.146 e. The molecule has 26 heavy (non-hydrogen) atoms. The van der Waals surface area contributed by atoms with E-state index in [-0.39, 0.29) is 0 Å². The number of fused-ring (bicyclic) bond motifs is 2. The molecule has 0 amide bonds. The zero-order chi connectivity index (χ0) is 17.7. The van der Waals surface area contributed by atoms with Crippen molar-refractivity contribution < 1.29 is 0 Å². The number of aromatic nitrogens is 3. The van der Waals surface area contributed by atoms with Crippen LogP contribution >= 0.6 is 11.3 Å². The van der Waals surface area contributed by atoms with Crippen LogP contribution in [0.3, 0.4) is 0 Å². The summed E-state index contributed by atoms with van der Waals surface area (Å²) in [6, 6.07) is 11.5. The van der Waals surface area contributed by atoms with Crippen molar-refractivity contribution in [2.45, 2.75) is 37.8 Å². The highest BCUT2D eigenvalue weighted by Crippen LogP contribution is 2.41. The third-order valence-electron chi connectivity index (χ3n) is 5.46. The van der Waals surface area contributed by atoms with Gasteiger partial charge in [-0.1, -0.05) is 18.2 Å². The van der Waals surface area contributed by atoms with Crippen LogP contribution in [0.15, 0.2) is 42.9 Å². The highest BCUT2D eigenvalue weighted by atomic mass is 32.1. The van der Waals surface area contributed by atoms with E-state index in [0.29, 0.717) is 17.9 Å². The Kier molecular flexibility index (Phi) is 3.69. The lowest BCUT2D eigenvalue weighted by atomic mass is 9.92. The fourth-order valence-electron chi connectivity index (χ4n) is 4.07. The van der Waals surface area contributed by atoms with Crippen molar-refractivity contribution in [3.05, 3.63) is 42.9 Å². The second kappa shape index (κ2) is 6.07. The Hall–Kier alpha value is -2.44. The number of nitrogens with two attached hydrogens (primary N) is 2. The van der Waals surface area contributed by atoms with Crippen molar-refractivity contribution >= 4 is 38.3 Å². The summed E-state index contributed by atoms with van der Waals surface area (Å²) >= 11 is 1.79. The van der Waals surface area contributed by atoms with Crippen LogP contribution in [0.2, 0.25) is 0 Å². The first-order valence-electron chi connectivity index (χ1n) is 9.06. The van der Waals surface area contributed by atoms with Crippen LogP contribution in [-0.4, -0.2) is 20.6 Å². The first kappa shape index (κ1) is 15.8. The number of nitrogen functional groups attached to an aromatic ring is 1. The topological polar surface area (TPSA) is 82.8 Å². The lowest BCUT2D eigenvalue weighted by Crippen LogP contribution is -2.27. The fraction of sp³-hybridized carbons (Fsp3) is 0.300. The molecule has 4 N–H and O–H groups in total. The third-order valence-corrected chi connectivity index (χ3v) is 6.61. The Morgan fingerprint density at radius 1 is 1.08 bits per heavy atom. The van der Waals surface area contributed by atoms with E-state index in [1.165, 1.54) is 15.0 Å². The predicted octanol–water partition coefficient (Wildman–Crippen LogP) is 4.34. The molecule has 132 valence electrons. The first-order valence-corrected chi connectivity index (χ1v) is 9.88. The van der Waals surface area contributed by atoms with Gasteiger partial charge in [-0.3, -0.25) is 0 Å². The molecule has 5 rings (SSSR count). The SMILES string of the molecule is Nc1ncnc2c1c(-c1cc3ccccc3s1)cn2C1CCC(N)CC1. The van der Waals surface area contributed by atoms with Crippen LogP contribution in [0.25, 0.3) is 31.6 Å². The molecule has 1 aromatic carbocycles. The van der Waals surface area contributed by atoms with E-state index in [9.17, 15) is 0 Å². The van der Waals surface area contributed by atoms with Gasteiger partial charge in [0.15, 0.2) is 0 Å². The molecule has 1 saturated carbocycles. The Balaban J connectivity index is 1.70. The third kappa shape index (κ3) is 2.48. The monoisotopic (exact) mass is 363 g/mol. The van der Waals surface area contributed by atoms with E-state index in [0.717, 1.165) is 42.3 Å². The second-order valence-corrected chi connectivity index (χ2v) is 8.21. The Bertz CT molecular complexity index is 1060. The number of thiophene rings is 1. The molecule has 0 aliphatic heterocycles. The summed E-state index contributed by atoms with van der Waals surface area (Å²) in [6.07, 6.45) is 8.08. The molecule has 1 aliphatic carbocycles. The molecule has 3 aromatic heterocycles. The number of rotatable bonds is 2. The largest absolute Gasteiger partial charge is 0.383 e. The van der Waals surface area contributed by atoms with Gasteiger partial charge in [0.05, 0.1) is 5.39 Å². The van der Waals surface area contributed by atoms with Crippen molar-refractivity contribution in [3.63, 3.8) is 0 Å². The molecular formula is C20H21N5S. The van der Waals surface area contributed by atoms with E-state index in [1.54, 1.807) is 17.7 Å². The number of hydrogen-bond donors (Lipinski definition) is 2. The highest BCUT2D eigenvalue weighted by molar-refractivity contribution is 7.22. The summed E-state index contributed by atoms with van der Waals surface area (Å²) in [4.78, 5) is 10.0. The zero-order valence-electron chi connectivity index (χ0n) is 14.4. The molecular weight excluding hydrogens is 342 g/mol. The van der Waals surface area contributed by atoms with Crippen molar-refractivity contribution in [1.29, 1.82) is 0 Å². The summed E-state index contributed by atoms with van der Waals surface area (Å²) in [7, 11) is 0. The van der Waals surface area contributed by atoms with Crippen LogP contribution in [0.4, 0.5) is 5.82 Å². The van der Waals surface area contributed by atoms with Gasteiger partial charge in [-0.05, 0) is 43.2 Å². The minimum atomic E-state index is 0.329. The van der Waals surface area contributed by atoms with E-state index in [4.69, 9.17) is 11.5 Å². The summed E-state index contributed by atoms with van der Waals surface area (Å²) in [5.41, 5.74) is 14.4. The molecule has 0 unspecified atom stereocenters. The van der Waals surface area contributed by atoms with Crippen LogP contribution < -0.4 is 11.5 Å². The van der Waals surface area contributed by atoms with E-state index in [1.807, 2.05) is 0 Å². The van der Waals surface area contributed by atoms with Gasteiger partial charge in [0.2, 0.25) is 0 Å². The quantitative estimate of drug-likeness (QED) is 0.555. The summed E-state index contributed by atoms with van der Waals surface area (Å²) < 4.78 is 3.58. The Morgan fingerprint density at radius 3 is 2.69 bits per heavy atom. The van der Waals surface area contributed by atoms with Crippen LogP contribution in [0.5, 0.6) is 0 Å². The molecule has 3 heterocycles. The maximum Gasteiger partial charge on any atom is 0.146 e. The van der Waals surface area contributed by atoms with Crippen LogP contribution in [-0.2, 0) is 0 Å². The average Bonchev–Trinajstić information content (AvgIpc) is 3.24. The lowest BCUT2D eigenvalue weighted by molar-refractivity contribution is 0.329. The molecule has 0 saturated heterocycles. The van der Waals surface area contributed by atoms with E-state index >= 15 is 0 Å². The van der Waals surface area contributed by atoms with E-state index < -0.39 is 0 Å². The van der Waals surface area contributed by atoms with Crippen molar-refractivity contribution in [1.82, 2.24) is 14.5 Å². The molecule has 0 bridgehead atoms. The van der Waals surface area contributed by atoms with Crippen molar-refractivity contribution in [2.75, 3.05) is 5.73 Å².